The minimum Gasteiger partial charge on any atom is -0.394 e. The maximum atomic E-state index is 9.01. The highest BCUT2D eigenvalue weighted by Gasteiger charge is 2.26. The Labute approximate surface area is 59.6 Å². The molecule has 1 aliphatic heterocycles. The van der Waals surface area contributed by atoms with E-state index < -0.39 is 6.10 Å². The van der Waals surface area contributed by atoms with Crippen LogP contribution in [0.2, 0.25) is 0 Å². The zero-order chi connectivity index (χ0) is 7.56. The average molecular weight is 147 g/mol. The summed E-state index contributed by atoms with van der Waals surface area (Å²) < 4.78 is 5.03. The van der Waals surface area contributed by atoms with Gasteiger partial charge in [0.15, 0.2) is 0 Å². The molecule has 1 saturated heterocycles. The molecular weight excluding hydrogens is 134 g/mol. The van der Waals surface area contributed by atoms with Crippen LogP contribution < -0.4 is 5.73 Å². The third-order valence-electron chi connectivity index (χ3n) is 1.70. The highest BCUT2D eigenvalue weighted by atomic mass is 16.5. The van der Waals surface area contributed by atoms with Crippen LogP contribution in [0.25, 0.3) is 0 Å². The first-order valence-corrected chi connectivity index (χ1v) is 3.40. The summed E-state index contributed by atoms with van der Waals surface area (Å²) in [4.78, 5) is 0. The summed E-state index contributed by atoms with van der Waals surface area (Å²) in [6.45, 7) is 0.229. The lowest BCUT2D eigenvalue weighted by Gasteiger charge is -2.30. The van der Waals surface area contributed by atoms with Crippen LogP contribution in [-0.4, -0.2) is 41.7 Å². The third kappa shape index (κ3) is 1.67. The van der Waals surface area contributed by atoms with Crippen molar-refractivity contribution in [3.8, 4) is 0 Å². The molecule has 0 unspecified atom stereocenters. The molecule has 0 aromatic rings. The Kier molecular flexibility index (Phi) is 2.62. The van der Waals surface area contributed by atoms with Gasteiger partial charge in [0.25, 0.3) is 0 Å². The van der Waals surface area contributed by atoms with E-state index in [0.29, 0.717) is 13.0 Å². The minimum atomic E-state index is -0.460. The second-order valence-electron chi connectivity index (χ2n) is 2.61. The largest absolute Gasteiger partial charge is 0.394 e. The van der Waals surface area contributed by atoms with Crippen molar-refractivity contribution in [2.24, 2.45) is 5.73 Å². The number of rotatable bonds is 1. The summed E-state index contributed by atoms with van der Waals surface area (Å²) in [5, 5.41) is 17.7. The van der Waals surface area contributed by atoms with Gasteiger partial charge in [0.1, 0.15) is 0 Å². The summed E-state index contributed by atoms with van der Waals surface area (Å²) in [6.07, 6.45) is -0.230. The number of aliphatic hydroxyl groups is 2. The predicted octanol–water partition coefficient (Wildman–Crippen LogP) is -1.54. The van der Waals surface area contributed by atoms with Gasteiger partial charge in [-0.2, -0.15) is 0 Å². The Balaban J connectivity index is 2.36. The van der Waals surface area contributed by atoms with Gasteiger partial charge in [-0.25, -0.2) is 0 Å². The maximum absolute atomic E-state index is 9.01. The van der Waals surface area contributed by atoms with E-state index in [-0.39, 0.29) is 18.8 Å². The molecule has 1 heterocycles. The molecule has 4 heteroatoms. The molecule has 0 aromatic heterocycles. The van der Waals surface area contributed by atoms with E-state index in [1.807, 2.05) is 0 Å². The van der Waals surface area contributed by atoms with Crippen molar-refractivity contribution in [1.29, 1.82) is 0 Å². The fourth-order valence-electron chi connectivity index (χ4n) is 1.08. The van der Waals surface area contributed by atoms with Crippen LogP contribution in [0.4, 0.5) is 0 Å². The molecule has 0 amide bonds. The molecule has 0 aromatic carbocycles. The van der Waals surface area contributed by atoms with E-state index in [2.05, 4.69) is 0 Å². The summed E-state index contributed by atoms with van der Waals surface area (Å²) in [5.41, 5.74) is 5.53. The lowest BCUT2D eigenvalue weighted by Crippen LogP contribution is -2.47. The van der Waals surface area contributed by atoms with Gasteiger partial charge in [-0.3, -0.25) is 0 Å². The number of hydrogen-bond acceptors (Lipinski definition) is 4. The van der Waals surface area contributed by atoms with Crippen molar-refractivity contribution in [1.82, 2.24) is 0 Å². The van der Waals surface area contributed by atoms with E-state index in [9.17, 15) is 0 Å². The zero-order valence-corrected chi connectivity index (χ0v) is 5.73. The number of hydrogen-bond donors (Lipinski definition) is 3. The van der Waals surface area contributed by atoms with Gasteiger partial charge in [-0.1, -0.05) is 0 Å². The van der Waals surface area contributed by atoms with E-state index in [4.69, 9.17) is 20.7 Å². The first-order valence-electron chi connectivity index (χ1n) is 3.40. The maximum Gasteiger partial charge on any atom is 0.0958 e. The van der Waals surface area contributed by atoms with E-state index in [1.165, 1.54) is 0 Å². The smallest absolute Gasteiger partial charge is 0.0958 e. The molecular formula is C6H13NO3. The lowest BCUT2D eigenvalue weighted by molar-refractivity contribution is -0.0840. The van der Waals surface area contributed by atoms with Gasteiger partial charge < -0.3 is 20.7 Å². The fourth-order valence-corrected chi connectivity index (χ4v) is 1.08. The number of nitrogens with two attached hydrogens (primary N) is 1. The quantitative estimate of drug-likeness (QED) is 0.420. The second kappa shape index (κ2) is 3.30. The molecule has 3 atom stereocenters. The molecule has 60 valence electrons. The van der Waals surface area contributed by atoms with Gasteiger partial charge in [-0.05, 0) is 6.42 Å². The molecule has 4 N–H and O–H groups in total. The number of aliphatic hydroxyl groups excluding tert-OH is 2. The Hall–Kier alpha value is -0.160. The Morgan fingerprint density at radius 3 is 2.80 bits per heavy atom. The number of ether oxygens (including phenoxy) is 1. The molecule has 0 spiro atoms. The van der Waals surface area contributed by atoms with Crippen molar-refractivity contribution in [3.63, 3.8) is 0 Å². The van der Waals surface area contributed by atoms with Crippen molar-refractivity contribution in [2.45, 2.75) is 24.7 Å². The summed E-state index contributed by atoms with van der Waals surface area (Å²) in [5.74, 6) is 0. The normalized spacial score (nSPS) is 41.7. The Morgan fingerprint density at radius 2 is 2.30 bits per heavy atom. The second-order valence-corrected chi connectivity index (χ2v) is 2.61. The molecule has 1 aliphatic rings. The van der Waals surface area contributed by atoms with E-state index >= 15 is 0 Å². The van der Waals surface area contributed by atoms with Gasteiger partial charge in [0, 0.05) is 6.04 Å². The monoisotopic (exact) mass is 147 g/mol. The topological polar surface area (TPSA) is 75.7 Å². The summed E-state index contributed by atoms with van der Waals surface area (Å²) in [7, 11) is 0. The van der Waals surface area contributed by atoms with Crippen molar-refractivity contribution in [2.75, 3.05) is 13.2 Å². The first-order chi connectivity index (χ1) is 4.74. The van der Waals surface area contributed by atoms with E-state index in [0.717, 1.165) is 0 Å². The molecule has 4 nitrogen and oxygen atoms in total. The predicted molar refractivity (Wildman–Crippen MR) is 35.4 cm³/mol. The standard InChI is InChI=1S/C6H13NO3/c7-5-1-4(9)3-10-6(5)2-8/h4-6,8-9H,1-3,7H2/t4-,5+,6-/m1/s1. The third-order valence-corrected chi connectivity index (χ3v) is 1.70. The molecule has 0 aliphatic carbocycles. The van der Waals surface area contributed by atoms with Crippen molar-refractivity contribution in [3.05, 3.63) is 0 Å². The van der Waals surface area contributed by atoms with Crippen LogP contribution in [0.5, 0.6) is 0 Å². The zero-order valence-electron chi connectivity index (χ0n) is 5.73. The molecule has 10 heavy (non-hydrogen) atoms. The average Bonchev–Trinajstić information content (AvgIpc) is 1.88. The summed E-state index contributed by atoms with van der Waals surface area (Å²) >= 11 is 0. The first kappa shape index (κ1) is 7.94. The minimum absolute atomic E-state index is 0.0616. The molecule has 0 saturated carbocycles. The van der Waals surface area contributed by atoms with Crippen LogP contribution >= 0.6 is 0 Å². The molecule has 0 bridgehead atoms. The highest BCUT2D eigenvalue weighted by Crippen LogP contribution is 2.11. The summed E-state index contributed by atoms with van der Waals surface area (Å²) in [6, 6.07) is -0.228. The molecule has 0 radical (unpaired) electrons. The van der Waals surface area contributed by atoms with Crippen LogP contribution in [0.15, 0.2) is 0 Å². The van der Waals surface area contributed by atoms with Gasteiger partial charge in [-0.15, -0.1) is 0 Å². The van der Waals surface area contributed by atoms with Crippen LogP contribution in [0.3, 0.4) is 0 Å². The van der Waals surface area contributed by atoms with Gasteiger partial charge >= 0.3 is 0 Å². The van der Waals surface area contributed by atoms with Gasteiger partial charge in [0.05, 0.1) is 25.4 Å². The fraction of sp³-hybridized carbons (Fsp3) is 1.00. The Bertz CT molecular complexity index is 109. The van der Waals surface area contributed by atoms with E-state index in [1.54, 1.807) is 0 Å². The van der Waals surface area contributed by atoms with Crippen molar-refractivity contribution < 1.29 is 14.9 Å². The van der Waals surface area contributed by atoms with Crippen LogP contribution in [-0.2, 0) is 4.74 Å². The molecule has 1 fully saturated rings. The molecule has 1 rings (SSSR count). The Morgan fingerprint density at radius 1 is 1.60 bits per heavy atom. The van der Waals surface area contributed by atoms with Crippen LogP contribution in [0, 0.1) is 0 Å². The van der Waals surface area contributed by atoms with Crippen LogP contribution in [0.1, 0.15) is 6.42 Å². The lowest BCUT2D eigenvalue weighted by atomic mass is 10.0. The highest BCUT2D eigenvalue weighted by molar-refractivity contribution is 4.80. The SMILES string of the molecule is N[C@H]1C[C@@H](O)CO[C@@H]1CO. The van der Waals surface area contributed by atoms with Crippen molar-refractivity contribution >= 4 is 0 Å². The van der Waals surface area contributed by atoms with Gasteiger partial charge in [0.2, 0.25) is 0 Å².